The number of carbonyl (C=O) groups excluding carboxylic acids is 1. The van der Waals surface area contributed by atoms with E-state index in [4.69, 9.17) is 27.0 Å². The van der Waals surface area contributed by atoms with Gasteiger partial charge in [-0.05, 0) is 368 Å². The highest BCUT2D eigenvalue weighted by atomic mass is 19.1. The van der Waals surface area contributed by atoms with Crippen LogP contribution in [0.5, 0.6) is 0 Å². The van der Waals surface area contributed by atoms with Gasteiger partial charge in [-0.25, -0.2) is 4.39 Å². The molecular weight excluding hydrogens is 1120 g/mol. The van der Waals surface area contributed by atoms with Crippen LogP contribution in [0, 0.1) is 141 Å². The van der Waals surface area contributed by atoms with E-state index in [0.717, 1.165) is 154 Å². The maximum absolute atomic E-state index is 13.7. The van der Waals surface area contributed by atoms with Gasteiger partial charge >= 0.3 is 0 Å². The van der Waals surface area contributed by atoms with Crippen LogP contribution in [0.3, 0.4) is 0 Å². The monoisotopic (exact) mass is 1260 g/mol. The molecule has 12 N–H and O–H groups in total. The number of ketones is 1. The molecule has 512 valence electrons. The average molecular weight is 1260 g/mol. The first-order valence-corrected chi connectivity index (χ1v) is 38.2. The summed E-state index contributed by atoms with van der Waals surface area (Å²) in [5.74, 6) is 17.2. The third-order valence-corrected chi connectivity index (χ3v) is 32.8. The predicted octanol–water partition coefficient (Wildman–Crippen LogP) is 13.0. The topological polar surface area (TPSA) is 218 Å². The zero-order chi connectivity index (χ0) is 62.4. The van der Waals surface area contributed by atoms with Crippen LogP contribution < -0.4 is 22.5 Å². The first-order chi connectivity index (χ1) is 42.1. The molecule has 1 heterocycles. The SMILES string of the molecule is C.C1NC23CC4CC(CC(C4)C2O1)C3.CC1(O)C2CC3CC(C2)CC1(N)C3.CC12CC3CC(CC(C3)C1(C)O)C2.CC12CC3CC(CC(C3)C1=O)C2.CC12CC3CC(CC(C3)C1O)C2.CO.NC12CC3CC(CC(C3)C1F)C2.NC12CC3CC(CC(C3)C1O)C2. The van der Waals surface area contributed by atoms with Gasteiger partial charge in [0, 0.05) is 40.6 Å². The van der Waals surface area contributed by atoms with Gasteiger partial charge in [-0.15, -0.1) is 0 Å². The highest BCUT2D eigenvalue weighted by Crippen LogP contribution is 2.66. The number of aliphatic hydroxyl groups excluding tert-OH is 3. The molecule has 1 spiro atoms. The van der Waals surface area contributed by atoms with E-state index in [1.54, 1.807) is 0 Å². The molecule has 29 rings (SSSR count). The Morgan fingerprint density at radius 1 is 0.433 bits per heavy atom. The Labute approximate surface area is 544 Å². The molecule has 20 atom stereocenters. The van der Waals surface area contributed by atoms with Crippen molar-refractivity contribution in [1.29, 1.82) is 0 Å². The molecule has 1 saturated heterocycles. The summed E-state index contributed by atoms with van der Waals surface area (Å²) in [4.78, 5) is 11.9. The summed E-state index contributed by atoms with van der Waals surface area (Å²) in [7, 11) is 1.00. The number of alkyl halides is 1. The Morgan fingerprint density at radius 3 is 1.21 bits per heavy atom. The molecule has 12 heteroatoms. The summed E-state index contributed by atoms with van der Waals surface area (Å²) in [6, 6.07) is 0. The highest BCUT2D eigenvalue weighted by Gasteiger charge is 2.64. The molecule has 90 heavy (non-hydrogen) atoms. The number of nitrogens with one attached hydrogen (secondary N) is 1. The van der Waals surface area contributed by atoms with Crippen molar-refractivity contribution in [3.8, 4) is 0 Å². The maximum Gasteiger partial charge on any atom is 0.141 e. The second kappa shape index (κ2) is 23.4. The van der Waals surface area contributed by atoms with Gasteiger partial charge in [-0.3, -0.25) is 10.1 Å². The van der Waals surface area contributed by atoms with Crippen LogP contribution in [0.2, 0.25) is 0 Å². The Bertz CT molecular complexity index is 2340. The number of rotatable bonds is 0. The number of nitrogens with two attached hydrogens (primary N) is 3. The summed E-state index contributed by atoms with van der Waals surface area (Å²) in [5, 5.41) is 51.7. The van der Waals surface area contributed by atoms with Crippen molar-refractivity contribution in [3.63, 3.8) is 0 Å². The Morgan fingerprint density at radius 2 is 0.800 bits per heavy atom. The minimum atomic E-state index is -0.690. The quantitative estimate of drug-likeness (QED) is 0.111. The molecule has 29 fully saturated rings. The van der Waals surface area contributed by atoms with Crippen LogP contribution in [0.4, 0.5) is 4.39 Å². The number of halogens is 1. The van der Waals surface area contributed by atoms with Crippen LogP contribution in [0.15, 0.2) is 0 Å². The average Bonchev–Trinajstić information content (AvgIpc) is 0.909. The molecule has 20 unspecified atom stereocenters. The van der Waals surface area contributed by atoms with Crippen molar-refractivity contribution in [3.05, 3.63) is 0 Å². The zero-order valence-electron chi connectivity index (χ0n) is 56.6. The van der Waals surface area contributed by atoms with Gasteiger partial charge in [-0.1, -0.05) is 28.2 Å². The van der Waals surface area contributed by atoms with Crippen LogP contribution >= 0.6 is 0 Å². The number of aliphatic hydroxyl groups is 5. The zero-order valence-corrected chi connectivity index (χ0v) is 56.6. The smallest absolute Gasteiger partial charge is 0.141 e. The molecule has 28 aliphatic carbocycles. The number of carbonyl (C=O) groups is 1. The molecule has 11 nitrogen and oxygen atoms in total. The predicted molar refractivity (Wildman–Crippen MR) is 354 cm³/mol. The lowest BCUT2D eigenvalue weighted by atomic mass is 9.44. The van der Waals surface area contributed by atoms with Crippen molar-refractivity contribution in [2.75, 3.05) is 13.8 Å². The molecule has 0 aromatic carbocycles. The first-order valence-electron chi connectivity index (χ1n) is 38.2. The minimum absolute atomic E-state index is 0. The van der Waals surface area contributed by atoms with Crippen LogP contribution in [0.25, 0.3) is 0 Å². The van der Waals surface area contributed by atoms with Crippen molar-refractivity contribution >= 4 is 5.78 Å². The third-order valence-electron chi connectivity index (χ3n) is 32.8. The maximum atomic E-state index is 13.7. The molecule has 28 saturated carbocycles. The van der Waals surface area contributed by atoms with E-state index in [1.807, 2.05) is 6.92 Å². The number of Topliss-reactive ketones (excluding diaryl/α,β-unsaturated/α-hetero) is 1. The fourth-order valence-electron chi connectivity index (χ4n) is 30.4. The van der Waals surface area contributed by atoms with Gasteiger partial charge in [0.1, 0.15) is 12.0 Å². The molecule has 0 aromatic rings. The molecule has 29 aliphatic rings. The van der Waals surface area contributed by atoms with Crippen LogP contribution in [-0.4, -0.2) is 103 Å². The fourth-order valence-corrected chi connectivity index (χ4v) is 30.4. The van der Waals surface area contributed by atoms with Crippen molar-refractivity contribution in [2.24, 2.45) is 158 Å². The Kier molecular flexibility index (Phi) is 17.3. The number of hydrogen-bond donors (Lipinski definition) is 9. The lowest BCUT2D eigenvalue weighted by Gasteiger charge is -2.63. The van der Waals surface area contributed by atoms with Crippen LogP contribution in [-0.2, 0) is 9.53 Å². The van der Waals surface area contributed by atoms with Gasteiger partial charge in [0.15, 0.2) is 0 Å². The first kappa shape index (κ1) is 66.4. The Hall–Kier alpha value is -0.800. The molecule has 0 aromatic heterocycles. The fraction of sp³-hybridized carbons (Fsp3) is 0.987. The van der Waals surface area contributed by atoms with E-state index in [0.29, 0.717) is 58.3 Å². The number of hydrogen-bond acceptors (Lipinski definition) is 11. The summed E-state index contributed by atoms with van der Waals surface area (Å²) >= 11 is 0. The van der Waals surface area contributed by atoms with Gasteiger partial charge in [0.2, 0.25) is 0 Å². The van der Waals surface area contributed by atoms with E-state index in [9.17, 15) is 29.6 Å². The standard InChI is InChI=1S/C12H20O.C11H17NO.C11H19NO.C11H18O.C11H16O.C10H16FN.C10H17NO.CH4O.CH4/c1-11-6-8-3-9(7-11)5-10(4-8)12(11,2)13;1-7-2-9-3-8(1)5-11(4-7)10(9)13-6-12-11;1-10(13)9-3-7-2-8(4-9)6-11(10,12)5-7;2*1-11-5-7-2-8(6-11)4-9(3-7)10(11)12;11-9-8-2-6-1-7(3-8)5-10(9,12)4-6;11-10-4-6-1-7(5-10)3-8(2-6)9(10)12;1-2;/h8-10,13H,3-7H2,1-2H3;7-10,12H,1-6H2;7-9,13H,2-6,12H2,1H3;7-10,12H,2-6H2,1H3;7-9H,2-6H2,1H3;6-9H,1-5,12H2;6-9,12H,1-5,11H2;2H,1H3;1H4. The second-order valence-electron chi connectivity index (χ2n) is 39.5. The number of ether oxygens (including phenoxy) is 1. The molecule has 28 bridgehead atoms. The second-order valence-corrected chi connectivity index (χ2v) is 39.5. The van der Waals surface area contributed by atoms with Gasteiger partial charge in [0.25, 0.3) is 0 Å². The molecule has 1 aliphatic heterocycles. The van der Waals surface area contributed by atoms with Gasteiger partial charge in [0.05, 0.1) is 36.2 Å². The molecule has 0 radical (unpaired) electrons. The van der Waals surface area contributed by atoms with Crippen molar-refractivity contribution in [2.45, 2.75) is 325 Å². The normalized spacial score (nSPS) is 60.3. The van der Waals surface area contributed by atoms with Crippen LogP contribution in [0.1, 0.15) is 267 Å². The molecular formula is C78H131FN4O7. The van der Waals surface area contributed by atoms with Gasteiger partial charge < -0.3 is 47.5 Å². The van der Waals surface area contributed by atoms with E-state index >= 15 is 0 Å². The summed E-state index contributed by atoms with van der Waals surface area (Å²) in [6.45, 7) is 11.7. The summed E-state index contributed by atoms with van der Waals surface area (Å²) in [6.07, 6.45) is 44.2. The lowest BCUT2D eigenvalue weighted by molar-refractivity contribution is -0.211. The van der Waals surface area contributed by atoms with Crippen molar-refractivity contribution < 1.29 is 39.5 Å². The van der Waals surface area contributed by atoms with E-state index in [-0.39, 0.29) is 47.1 Å². The minimum Gasteiger partial charge on any atom is -0.400 e. The van der Waals surface area contributed by atoms with E-state index in [2.05, 4.69) is 33.0 Å². The highest BCUT2D eigenvalue weighted by molar-refractivity contribution is 5.88. The molecule has 0 amide bonds. The summed E-state index contributed by atoms with van der Waals surface area (Å²) in [5.41, 5.74) is 18.0. The Balaban J connectivity index is 0.0000000911. The van der Waals surface area contributed by atoms with E-state index < -0.39 is 17.3 Å². The van der Waals surface area contributed by atoms with Gasteiger partial charge in [-0.2, -0.15) is 0 Å². The van der Waals surface area contributed by atoms with E-state index in [1.165, 1.54) is 173 Å². The summed E-state index contributed by atoms with van der Waals surface area (Å²) < 4.78 is 19.6. The third kappa shape index (κ3) is 11.2. The van der Waals surface area contributed by atoms with Crippen molar-refractivity contribution in [1.82, 2.24) is 5.32 Å². The largest absolute Gasteiger partial charge is 0.400 e. The lowest BCUT2D eigenvalue weighted by Crippen LogP contribution is -2.71.